The molecule has 2 bridgehead atoms. The predicted octanol–water partition coefficient (Wildman–Crippen LogP) is 3.83. The monoisotopic (exact) mass is 440 g/mol. The smallest absolute Gasteiger partial charge is 0.411 e. The molecule has 8 heteroatoms. The van der Waals surface area contributed by atoms with E-state index in [4.69, 9.17) is 14.4 Å². The number of likely N-dealkylation sites (tertiary alicyclic amines) is 1. The molecule has 2 N–H and O–H groups in total. The second-order valence-electron chi connectivity index (χ2n) is 11.3. The number of hydrogen-bond donors (Lipinski definition) is 2. The van der Waals surface area contributed by atoms with Gasteiger partial charge in [0.25, 0.3) is 0 Å². The van der Waals surface area contributed by atoms with Gasteiger partial charge in [-0.15, -0.1) is 0 Å². The van der Waals surface area contributed by atoms with E-state index in [0.717, 1.165) is 41.6 Å². The van der Waals surface area contributed by atoms with Crippen LogP contribution < -0.4 is 5.46 Å². The zero-order chi connectivity index (χ0) is 23.5. The molecule has 1 unspecified atom stereocenters. The van der Waals surface area contributed by atoms with E-state index in [1.165, 1.54) is 0 Å². The number of imidazole rings is 1. The van der Waals surface area contributed by atoms with E-state index in [2.05, 4.69) is 4.98 Å². The number of aliphatic hydroxyl groups is 1. The first-order valence-electron chi connectivity index (χ1n) is 11.5. The summed E-state index contributed by atoms with van der Waals surface area (Å²) in [4.78, 5) is 23.2. The highest BCUT2D eigenvalue weighted by molar-refractivity contribution is 6.47. The Morgan fingerprint density at radius 1 is 1.19 bits per heavy atom. The third-order valence-corrected chi connectivity index (χ3v) is 6.96. The SMILES string of the molecule is CC(C)(C)OC(=O)N1C(c2nc3ccc([B]OC(C)(C)C(C)(C)O)cc3[nH]2)[C@H]2CC[C@@H]1C2. The van der Waals surface area contributed by atoms with Gasteiger partial charge >= 0.3 is 13.6 Å². The van der Waals surface area contributed by atoms with Crippen LogP contribution in [-0.4, -0.2) is 56.4 Å². The summed E-state index contributed by atoms with van der Waals surface area (Å²) in [5.41, 5.74) is 0.372. The summed E-state index contributed by atoms with van der Waals surface area (Å²) in [6.07, 6.45) is 2.87. The number of hydrogen-bond acceptors (Lipinski definition) is 5. The van der Waals surface area contributed by atoms with Crippen molar-refractivity contribution in [1.82, 2.24) is 14.9 Å². The lowest BCUT2D eigenvalue weighted by atomic mass is 9.82. The summed E-state index contributed by atoms with van der Waals surface area (Å²) in [5, 5.41) is 10.3. The lowest BCUT2D eigenvalue weighted by Crippen LogP contribution is -2.49. The number of carbonyl (C=O) groups excluding carboxylic acids is 1. The van der Waals surface area contributed by atoms with Crippen LogP contribution in [0, 0.1) is 5.92 Å². The standard InChI is InChI=1S/C24H35BN3O4/c1-22(2,3)31-21(29)28-16-10-8-14(12-16)19(28)20-26-17-11-9-15(13-18(17)27-20)25-32-24(6,7)23(4,5)30/h9,11,13-14,16,19,30H,8,10,12H2,1-7H3,(H,26,27)/t14-,16+,19?/m0/s1. The van der Waals surface area contributed by atoms with Crippen LogP contribution in [0.2, 0.25) is 0 Å². The van der Waals surface area contributed by atoms with E-state index in [-0.39, 0.29) is 18.2 Å². The van der Waals surface area contributed by atoms with Gasteiger partial charge in [-0.05, 0) is 85.8 Å². The van der Waals surface area contributed by atoms with Gasteiger partial charge < -0.3 is 19.5 Å². The number of aromatic nitrogens is 2. The van der Waals surface area contributed by atoms with Crippen LogP contribution in [0.4, 0.5) is 4.79 Å². The molecule has 3 atom stereocenters. The summed E-state index contributed by atoms with van der Waals surface area (Å²) < 4.78 is 11.6. The summed E-state index contributed by atoms with van der Waals surface area (Å²) in [7, 11) is 1.67. The molecular weight excluding hydrogens is 405 g/mol. The normalized spacial score (nSPS) is 23.8. The Morgan fingerprint density at radius 2 is 1.91 bits per heavy atom. The highest BCUT2D eigenvalue weighted by atomic mass is 16.6. The van der Waals surface area contributed by atoms with E-state index in [1.54, 1.807) is 21.3 Å². The predicted molar refractivity (Wildman–Crippen MR) is 125 cm³/mol. The van der Waals surface area contributed by atoms with Gasteiger partial charge in [0.1, 0.15) is 11.4 Å². The van der Waals surface area contributed by atoms with Gasteiger partial charge in [0.15, 0.2) is 0 Å². The molecule has 1 aliphatic heterocycles. The van der Waals surface area contributed by atoms with Crippen LogP contribution >= 0.6 is 0 Å². The summed E-state index contributed by atoms with van der Waals surface area (Å²) in [6, 6.07) is 6.01. The van der Waals surface area contributed by atoms with Crippen molar-refractivity contribution in [3.63, 3.8) is 0 Å². The molecule has 4 rings (SSSR count). The van der Waals surface area contributed by atoms with E-state index in [9.17, 15) is 9.90 Å². The highest BCUT2D eigenvalue weighted by Crippen LogP contribution is 2.50. The van der Waals surface area contributed by atoms with E-state index >= 15 is 0 Å². The van der Waals surface area contributed by atoms with Gasteiger partial charge in [-0.3, -0.25) is 4.90 Å². The molecule has 1 saturated heterocycles. The molecule has 1 saturated carbocycles. The number of nitrogens with zero attached hydrogens (tertiary/aromatic N) is 2. The Bertz CT molecular complexity index is 1000. The maximum absolute atomic E-state index is 13.0. The number of benzene rings is 1. The summed E-state index contributed by atoms with van der Waals surface area (Å²) in [6.45, 7) is 12.9. The van der Waals surface area contributed by atoms with Gasteiger partial charge in [-0.25, -0.2) is 9.78 Å². The summed E-state index contributed by atoms with van der Waals surface area (Å²) in [5.74, 6) is 1.21. The van der Waals surface area contributed by atoms with E-state index < -0.39 is 16.8 Å². The lowest BCUT2D eigenvalue weighted by Gasteiger charge is -2.37. The summed E-state index contributed by atoms with van der Waals surface area (Å²) >= 11 is 0. The third kappa shape index (κ3) is 4.39. The molecular formula is C24H35BN3O4. The first-order chi connectivity index (χ1) is 14.7. The van der Waals surface area contributed by atoms with Crippen molar-refractivity contribution in [3.8, 4) is 0 Å². The number of amides is 1. The topological polar surface area (TPSA) is 87.7 Å². The fourth-order valence-electron chi connectivity index (χ4n) is 4.54. The first kappa shape index (κ1) is 23.1. The Morgan fingerprint density at radius 3 is 2.56 bits per heavy atom. The van der Waals surface area contributed by atoms with Crippen molar-refractivity contribution in [2.24, 2.45) is 5.92 Å². The van der Waals surface area contributed by atoms with Crippen LogP contribution in [-0.2, 0) is 9.39 Å². The van der Waals surface area contributed by atoms with Crippen molar-refractivity contribution in [1.29, 1.82) is 0 Å². The number of fused-ring (bicyclic) bond motifs is 3. The Labute approximate surface area is 191 Å². The van der Waals surface area contributed by atoms with Crippen molar-refractivity contribution >= 4 is 30.1 Å². The molecule has 2 aliphatic rings. The van der Waals surface area contributed by atoms with Crippen molar-refractivity contribution < 1.29 is 19.3 Å². The van der Waals surface area contributed by atoms with Crippen LogP contribution in [0.25, 0.3) is 11.0 Å². The molecule has 7 nitrogen and oxygen atoms in total. The first-order valence-corrected chi connectivity index (χ1v) is 11.5. The second kappa shape index (κ2) is 7.77. The minimum Gasteiger partial charge on any atom is -0.444 e. The van der Waals surface area contributed by atoms with Gasteiger partial charge in [-0.1, -0.05) is 11.5 Å². The van der Waals surface area contributed by atoms with Gasteiger partial charge in [0.05, 0.1) is 28.3 Å². The highest BCUT2D eigenvalue weighted by Gasteiger charge is 2.51. The van der Waals surface area contributed by atoms with Crippen molar-refractivity contribution in [2.45, 2.75) is 96.6 Å². The maximum atomic E-state index is 13.0. The number of ether oxygens (including phenoxy) is 1. The molecule has 32 heavy (non-hydrogen) atoms. The van der Waals surface area contributed by atoms with Crippen molar-refractivity contribution in [3.05, 3.63) is 24.0 Å². The number of aromatic amines is 1. The molecule has 2 fully saturated rings. The molecule has 2 heterocycles. The molecule has 2 aromatic rings. The van der Waals surface area contributed by atoms with Crippen LogP contribution in [0.1, 0.15) is 79.6 Å². The maximum Gasteiger partial charge on any atom is 0.411 e. The average molecular weight is 440 g/mol. The average Bonchev–Trinajstić information content (AvgIpc) is 3.37. The number of nitrogens with one attached hydrogen (secondary N) is 1. The molecule has 0 spiro atoms. The van der Waals surface area contributed by atoms with E-state index in [1.807, 2.05) is 57.7 Å². The number of carbonyl (C=O) groups is 1. The quantitative estimate of drug-likeness (QED) is 0.690. The van der Waals surface area contributed by atoms with Crippen LogP contribution in [0.3, 0.4) is 0 Å². The molecule has 173 valence electrons. The van der Waals surface area contributed by atoms with Crippen molar-refractivity contribution in [2.75, 3.05) is 0 Å². The molecule has 1 aromatic carbocycles. The number of H-pyrrole nitrogens is 1. The van der Waals surface area contributed by atoms with Crippen LogP contribution in [0.5, 0.6) is 0 Å². The Hall–Kier alpha value is -2.06. The van der Waals surface area contributed by atoms with E-state index in [0.29, 0.717) is 5.92 Å². The number of rotatable bonds is 5. The Balaban J connectivity index is 1.56. The molecule has 1 aliphatic carbocycles. The zero-order valence-electron chi connectivity index (χ0n) is 20.2. The number of piperidine rings is 1. The van der Waals surface area contributed by atoms with Gasteiger partial charge in [0.2, 0.25) is 0 Å². The molecule has 1 amide bonds. The second-order valence-corrected chi connectivity index (χ2v) is 11.3. The molecule has 1 aromatic heterocycles. The largest absolute Gasteiger partial charge is 0.444 e. The van der Waals surface area contributed by atoms with Crippen LogP contribution in [0.15, 0.2) is 18.2 Å². The third-order valence-electron chi connectivity index (χ3n) is 6.96. The van der Waals surface area contributed by atoms with Gasteiger partial charge in [0, 0.05) is 6.04 Å². The van der Waals surface area contributed by atoms with Gasteiger partial charge in [-0.2, -0.15) is 0 Å². The minimum absolute atomic E-state index is 0.0891. The zero-order valence-corrected chi connectivity index (χ0v) is 20.2. The lowest BCUT2D eigenvalue weighted by molar-refractivity contribution is -0.0893. The fraction of sp³-hybridized carbons (Fsp3) is 0.667. The fourth-order valence-corrected chi connectivity index (χ4v) is 4.54. The minimum atomic E-state index is -0.984. The molecule has 1 radical (unpaired) electrons. The Kier molecular flexibility index (Phi) is 5.61.